The Morgan fingerprint density at radius 2 is 1.88 bits per heavy atom. The molecule has 3 rings (SSSR count). The minimum Gasteiger partial charge on any atom is -0.146 e. The van der Waals surface area contributed by atoms with Crippen LogP contribution in [0.15, 0.2) is 46.3 Å². The number of alkyl halides is 1. The largest absolute Gasteiger partial charge is 0.146 e. The van der Waals surface area contributed by atoms with Crippen molar-refractivity contribution in [2.45, 2.75) is 23.6 Å². The van der Waals surface area contributed by atoms with Crippen molar-refractivity contribution in [3.8, 4) is 0 Å². The lowest BCUT2D eigenvalue weighted by Gasteiger charge is -2.21. The highest BCUT2D eigenvalue weighted by Crippen LogP contribution is 2.60. The molecule has 0 aliphatic heterocycles. The number of benzene rings is 1. The first-order valence-corrected chi connectivity index (χ1v) is 7.77. The zero-order valence-electron chi connectivity index (χ0n) is 9.20. The fourth-order valence-electron chi connectivity index (χ4n) is 2.33. The predicted octanol–water partition coefficient (Wildman–Crippen LogP) is 5.52. The smallest absolute Gasteiger partial charge is 0.0786 e. The number of thiophene rings is 1. The molecule has 0 N–H and O–H groups in total. The molecule has 2 aromatic rings. The molecule has 1 aliphatic carbocycles. The summed E-state index contributed by atoms with van der Waals surface area (Å²) in [7, 11) is 0. The number of rotatable bonds is 3. The van der Waals surface area contributed by atoms with Gasteiger partial charge in [-0.3, -0.25) is 0 Å². The van der Waals surface area contributed by atoms with Crippen molar-refractivity contribution < 1.29 is 0 Å². The van der Waals surface area contributed by atoms with Crippen LogP contribution in [0.2, 0.25) is 0 Å². The van der Waals surface area contributed by atoms with Crippen LogP contribution in [0.1, 0.15) is 28.7 Å². The van der Waals surface area contributed by atoms with Gasteiger partial charge in [0.2, 0.25) is 0 Å². The predicted molar refractivity (Wildman–Crippen MR) is 78.0 cm³/mol. The van der Waals surface area contributed by atoms with Crippen LogP contribution in [0, 0.1) is 0 Å². The molecule has 1 heterocycles. The van der Waals surface area contributed by atoms with E-state index >= 15 is 0 Å². The van der Waals surface area contributed by atoms with E-state index in [-0.39, 0.29) is 10.8 Å². The summed E-state index contributed by atoms with van der Waals surface area (Å²) in [6.07, 6.45) is 2.38. The quantitative estimate of drug-likeness (QED) is 0.651. The maximum atomic E-state index is 6.72. The van der Waals surface area contributed by atoms with Crippen LogP contribution in [0.25, 0.3) is 0 Å². The van der Waals surface area contributed by atoms with Crippen LogP contribution in [-0.2, 0) is 5.41 Å². The van der Waals surface area contributed by atoms with E-state index in [2.05, 4.69) is 57.7 Å². The van der Waals surface area contributed by atoms with Gasteiger partial charge in [0.1, 0.15) is 0 Å². The molecule has 0 saturated heterocycles. The van der Waals surface area contributed by atoms with Crippen molar-refractivity contribution in [1.29, 1.82) is 0 Å². The summed E-state index contributed by atoms with van der Waals surface area (Å²) in [5.41, 5.74) is 1.54. The number of hydrogen-bond donors (Lipinski definition) is 0. The molecule has 88 valence electrons. The van der Waals surface area contributed by atoms with E-state index in [9.17, 15) is 0 Å². The van der Waals surface area contributed by atoms with Gasteiger partial charge in [-0.15, -0.1) is 22.9 Å². The third kappa shape index (κ3) is 1.96. The van der Waals surface area contributed by atoms with E-state index in [1.54, 1.807) is 11.3 Å². The lowest BCUT2D eigenvalue weighted by atomic mass is 9.91. The van der Waals surface area contributed by atoms with Gasteiger partial charge in [0.25, 0.3) is 0 Å². The van der Waals surface area contributed by atoms with Crippen LogP contribution in [0.5, 0.6) is 0 Å². The summed E-state index contributed by atoms with van der Waals surface area (Å²) < 4.78 is 1.14. The van der Waals surface area contributed by atoms with Crippen LogP contribution < -0.4 is 0 Å². The highest BCUT2D eigenvalue weighted by molar-refractivity contribution is 9.10. The molecule has 1 fully saturated rings. The molecule has 1 aromatic carbocycles. The topological polar surface area (TPSA) is 0 Å². The first kappa shape index (κ1) is 11.8. The standard InChI is InChI=1S/C14H12BrClS/c15-11-6-9-17-12(11)13(16)14(7-8-14)10-4-2-1-3-5-10/h1-6,9,13H,7-8H2. The third-order valence-corrected chi connectivity index (χ3v) is 6.20. The molecule has 1 aromatic heterocycles. The average molecular weight is 328 g/mol. The molecular formula is C14H12BrClS. The molecule has 1 aliphatic rings. The van der Waals surface area contributed by atoms with Gasteiger partial charge in [-0.25, -0.2) is 0 Å². The fraction of sp³-hybridized carbons (Fsp3) is 0.286. The van der Waals surface area contributed by atoms with E-state index < -0.39 is 0 Å². The average Bonchev–Trinajstić information content (AvgIpc) is 3.07. The monoisotopic (exact) mass is 326 g/mol. The first-order chi connectivity index (χ1) is 8.24. The molecular weight excluding hydrogens is 316 g/mol. The minimum atomic E-state index is 0.0827. The second-order valence-corrected chi connectivity index (χ2v) is 6.76. The molecule has 3 heteroatoms. The van der Waals surface area contributed by atoms with Crippen molar-refractivity contribution in [3.05, 3.63) is 56.7 Å². The Labute approximate surface area is 119 Å². The summed E-state index contributed by atoms with van der Waals surface area (Å²) in [6.45, 7) is 0. The zero-order chi connectivity index (χ0) is 11.9. The molecule has 0 nitrogen and oxygen atoms in total. The maximum absolute atomic E-state index is 6.72. The Hall–Kier alpha value is -0.310. The van der Waals surface area contributed by atoms with E-state index in [0.717, 1.165) is 4.47 Å². The van der Waals surface area contributed by atoms with Gasteiger partial charge in [-0.05, 0) is 45.8 Å². The summed E-state index contributed by atoms with van der Waals surface area (Å²) >= 11 is 12.0. The van der Waals surface area contributed by atoms with Crippen LogP contribution in [-0.4, -0.2) is 0 Å². The van der Waals surface area contributed by atoms with Crippen molar-refractivity contribution in [3.63, 3.8) is 0 Å². The molecule has 1 saturated carbocycles. The van der Waals surface area contributed by atoms with E-state index in [4.69, 9.17) is 11.6 Å². The maximum Gasteiger partial charge on any atom is 0.0786 e. The minimum absolute atomic E-state index is 0.0827. The van der Waals surface area contributed by atoms with Gasteiger partial charge in [0, 0.05) is 14.8 Å². The van der Waals surface area contributed by atoms with Gasteiger partial charge < -0.3 is 0 Å². The molecule has 0 spiro atoms. The second kappa shape index (κ2) is 4.42. The van der Waals surface area contributed by atoms with Crippen molar-refractivity contribution in [1.82, 2.24) is 0 Å². The van der Waals surface area contributed by atoms with Gasteiger partial charge in [0.15, 0.2) is 0 Å². The van der Waals surface area contributed by atoms with Gasteiger partial charge in [-0.1, -0.05) is 30.3 Å². The molecule has 1 atom stereocenters. The highest BCUT2D eigenvalue weighted by Gasteiger charge is 2.51. The Morgan fingerprint density at radius 1 is 1.18 bits per heavy atom. The van der Waals surface area contributed by atoms with Crippen molar-refractivity contribution in [2.24, 2.45) is 0 Å². The second-order valence-electron chi connectivity index (χ2n) is 4.52. The van der Waals surface area contributed by atoms with Crippen molar-refractivity contribution in [2.75, 3.05) is 0 Å². The molecule has 0 radical (unpaired) electrons. The molecule has 0 amide bonds. The molecule has 1 unspecified atom stereocenters. The van der Waals surface area contributed by atoms with Crippen LogP contribution >= 0.6 is 38.9 Å². The summed E-state index contributed by atoms with van der Waals surface area (Å²) in [5, 5.41) is 2.18. The summed E-state index contributed by atoms with van der Waals surface area (Å²) in [6, 6.07) is 12.7. The van der Waals surface area contributed by atoms with Gasteiger partial charge >= 0.3 is 0 Å². The SMILES string of the molecule is ClC(c1sccc1Br)C1(c2ccccc2)CC1. The summed E-state index contributed by atoms with van der Waals surface area (Å²) in [5.74, 6) is 0. The van der Waals surface area contributed by atoms with E-state index in [1.807, 2.05) is 0 Å². The Kier molecular flexibility index (Phi) is 3.06. The lowest BCUT2D eigenvalue weighted by Crippen LogP contribution is -2.13. The molecule has 17 heavy (non-hydrogen) atoms. The summed E-state index contributed by atoms with van der Waals surface area (Å²) in [4.78, 5) is 1.26. The third-order valence-electron chi connectivity index (χ3n) is 3.50. The highest BCUT2D eigenvalue weighted by atomic mass is 79.9. The zero-order valence-corrected chi connectivity index (χ0v) is 12.4. The van der Waals surface area contributed by atoms with Gasteiger partial charge in [0.05, 0.1) is 5.38 Å². The number of hydrogen-bond acceptors (Lipinski definition) is 1. The lowest BCUT2D eigenvalue weighted by molar-refractivity contribution is 0.669. The normalized spacial score (nSPS) is 18.9. The Bertz CT molecular complexity index is 516. The fourth-order valence-corrected chi connectivity index (χ4v) is 4.77. The first-order valence-electron chi connectivity index (χ1n) is 5.66. The Balaban J connectivity index is 1.97. The van der Waals surface area contributed by atoms with E-state index in [0.29, 0.717) is 0 Å². The Morgan fingerprint density at radius 3 is 2.41 bits per heavy atom. The van der Waals surface area contributed by atoms with Crippen molar-refractivity contribution >= 4 is 38.9 Å². The molecule has 0 bridgehead atoms. The van der Waals surface area contributed by atoms with Crippen LogP contribution in [0.3, 0.4) is 0 Å². The van der Waals surface area contributed by atoms with Gasteiger partial charge in [-0.2, -0.15) is 0 Å². The van der Waals surface area contributed by atoms with E-state index in [1.165, 1.54) is 23.3 Å². The number of halogens is 2. The van der Waals surface area contributed by atoms with Crippen LogP contribution in [0.4, 0.5) is 0 Å².